The highest BCUT2D eigenvalue weighted by Crippen LogP contribution is 2.29. The van der Waals surface area contributed by atoms with Crippen molar-refractivity contribution in [2.45, 2.75) is 11.5 Å². The largest absolute Gasteiger partial charge is 0.494 e. The normalized spacial score (nSPS) is 11.3. The number of nitrogens with zero attached hydrogens (tertiary/aromatic N) is 2. The molecule has 1 aromatic rings. The lowest BCUT2D eigenvalue weighted by atomic mass is 10.2. The molecule has 0 spiro atoms. The van der Waals surface area contributed by atoms with Crippen molar-refractivity contribution >= 4 is 10.0 Å². The molecule has 0 saturated carbocycles. The predicted octanol–water partition coefficient (Wildman–Crippen LogP) is 0.547. The molecule has 9 heteroatoms. The van der Waals surface area contributed by atoms with Crippen molar-refractivity contribution in [1.29, 1.82) is 5.26 Å². The number of pyridine rings is 1. The van der Waals surface area contributed by atoms with Crippen LogP contribution in [-0.4, -0.2) is 20.5 Å². The minimum absolute atomic E-state index is 0.429. The van der Waals surface area contributed by atoms with Crippen LogP contribution in [0.3, 0.4) is 0 Å². The fourth-order valence-electron chi connectivity index (χ4n) is 1.10. The van der Waals surface area contributed by atoms with Crippen molar-refractivity contribution in [2.75, 3.05) is 7.11 Å². The number of ether oxygens (including phenoxy) is 1. The Kier molecular flexibility index (Phi) is 3.59. The Balaban J connectivity index is 3.62. The average molecular weight is 263 g/mol. The Bertz CT molecular complexity index is 580. The van der Waals surface area contributed by atoms with Crippen molar-refractivity contribution in [1.82, 2.24) is 4.98 Å². The van der Waals surface area contributed by atoms with Crippen molar-refractivity contribution in [2.24, 2.45) is 5.14 Å². The van der Waals surface area contributed by atoms with E-state index in [1.165, 1.54) is 6.07 Å². The summed E-state index contributed by atoms with van der Waals surface area (Å²) in [6.45, 7) is 0. The van der Waals surface area contributed by atoms with Gasteiger partial charge in [-0.05, 0) is 6.07 Å². The summed E-state index contributed by atoms with van der Waals surface area (Å²) in [7, 11) is -3.18. The third-order valence-electron chi connectivity index (χ3n) is 1.81. The minimum atomic E-state index is -4.25. The van der Waals surface area contributed by atoms with Crippen LogP contribution in [-0.2, 0) is 10.0 Å². The Labute approximate surface area is 95.7 Å². The monoisotopic (exact) mass is 263 g/mol. The number of nitriles is 1. The van der Waals surface area contributed by atoms with Crippen LogP contribution in [0.1, 0.15) is 17.7 Å². The van der Waals surface area contributed by atoms with E-state index in [1.54, 1.807) is 0 Å². The molecule has 0 aliphatic rings. The first kappa shape index (κ1) is 13.3. The Morgan fingerprint density at radius 3 is 2.53 bits per heavy atom. The van der Waals surface area contributed by atoms with Crippen molar-refractivity contribution in [3.05, 3.63) is 17.3 Å². The van der Waals surface area contributed by atoms with Crippen molar-refractivity contribution in [3.63, 3.8) is 0 Å². The first-order valence-corrected chi connectivity index (χ1v) is 5.66. The van der Waals surface area contributed by atoms with E-state index in [9.17, 15) is 17.2 Å². The molecule has 0 bridgehead atoms. The maximum atomic E-state index is 12.5. The SMILES string of the molecule is COc1cc(C(F)F)c(C#N)nc1S(N)(=O)=O. The molecule has 0 saturated heterocycles. The molecule has 17 heavy (non-hydrogen) atoms. The van der Waals surface area contributed by atoms with Crippen molar-refractivity contribution in [3.8, 4) is 11.8 Å². The van der Waals surface area contributed by atoms with Crippen LogP contribution in [0.4, 0.5) is 8.78 Å². The lowest BCUT2D eigenvalue weighted by molar-refractivity contribution is 0.150. The molecule has 0 aliphatic carbocycles. The van der Waals surface area contributed by atoms with Crippen LogP contribution < -0.4 is 9.88 Å². The maximum absolute atomic E-state index is 12.5. The molecule has 0 unspecified atom stereocenters. The van der Waals surface area contributed by atoms with Crippen LogP contribution >= 0.6 is 0 Å². The van der Waals surface area contributed by atoms with E-state index in [0.29, 0.717) is 0 Å². The lowest BCUT2D eigenvalue weighted by Crippen LogP contribution is -2.16. The Morgan fingerprint density at radius 2 is 2.18 bits per heavy atom. The molecule has 1 heterocycles. The average Bonchev–Trinajstić information content (AvgIpc) is 2.25. The van der Waals surface area contributed by atoms with Gasteiger partial charge in [0.1, 0.15) is 6.07 Å². The molecule has 0 aliphatic heterocycles. The third kappa shape index (κ3) is 2.66. The van der Waals surface area contributed by atoms with E-state index in [0.717, 1.165) is 13.2 Å². The quantitative estimate of drug-likeness (QED) is 0.856. The van der Waals surface area contributed by atoms with Gasteiger partial charge >= 0.3 is 0 Å². The lowest BCUT2D eigenvalue weighted by Gasteiger charge is -2.09. The molecular formula is C8H7F2N3O3S. The molecule has 1 aromatic heterocycles. The molecule has 0 fully saturated rings. The summed E-state index contributed by atoms with van der Waals surface area (Å²) >= 11 is 0. The maximum Gasteiger partial charge on any atom is 0.266 e. The van der Waals surface area contributed by atoms with Crippen LogP contribution in [0.15, 0.2) is 11.1 Å². The van der Waals surface area contributed by atoms with Gasteiger partial charge in [-0.1, -0.05) is 0 Å². The summed E-state index contributed by atoms with van der Waals surface area (Å²) in [6.07, 6.45) is -2.97. The second-order valence-corrected chi connectivity index (χ2v) is 4.37. The minimum Gasteiger partial charge on any atom is -0.494 e. The van der Waals surface area contributed by atoms with Gasteiger partial charge in [0.15, 0.2) is 11.4 Å². The molecule has 6 nitrogen and oxygen atoms in total. The van der Waals surface area contributed by atoms with E-state index >= 15 is 0 Å². The van der Waals surface area contributed by atoms with Gasteiger partial charge in [-0.25, -0.2) is 27.3 Å². The van der Waals surface area contributed by atoms with Gasteiger partial charge in [-0.3, -0.25) is 0 Å². The van der Waals surface area contributed by atoms with E-state index in [-0.39, 0.29) is 0 Å². The molecule has 0 amide bonds. The molecule has 92 valence electrons. The number of nitrogens with two attached hydrogens (primary N) is 1. The number of hydrogen-bond donors (Lipinski definition) is 1. The first-order chi connectivity index (χ1) is 7.81. The van der Waals surface area contributed by atoms with Gasteiger partial charge in [0.05, 0.1) is 12.7 Å². The zero-order valence-corrected chi connectivity index (χ0v) is 9.33. The highest BCUT2D eigenvalue weighted by atomic mass is 32.2. The highest BCUT2D eigenvalue weighted by molar-refractivity contribution is 7.89. The predicted molar refractivity (Wildman–Crippen MR) is 51.8 cm³/mol. The van der Waals surface area contributed by atoms with E-state index < -0.39 is 38.5 Å². The molecule has 0 aromatic carbocycles. The van der Waals surface area contributed by atoms with E-state index in [2.05, 4.69) is 9.72 Å². The summed E-state index contributed by atoms with van der Waals surface area (Å²) < 4.78 is 51.9. The standard InChI is InChI=1S/C8H7F2N3O3S/c1-16-6-2-4(7(9)10)5(3-11)13-8(6)17(12,14)15/h2,7H,1H3,(H2,12,14,15). The summed E-state index contributed by atoms with van der Waals surface area (Å²) in [4.78, 5) is 3.28. The van der Waals surface area contributed by atoms with Gasteiger partial charge in [-0.2, -0.15) is 5.26 Å². The van der Waals surface area contributed by atoms with E-state index in [4.69, 9.17) is 10.4 Å². The van der Waals surface area contributed by atoms with Crippen LogP contribution in [0, 0.1) is 11.3 Å². The summed E-state index contributed by atoms with van der Waals surface area (Å²) in [5.74, 6) is -0.429. The summed E-state index contributed by atoms with van der Waals surface area (Å²) in [5, 5.41) is 12.7. The Morgan fingerprint density at radius 1 is 1.59 bits per heavy atom. The highest BCUT2D eigenvalue weighted by Gasteiger charge is 2.24. The van der Waals surface area contributed by atoms with Crippen LogP contribution in [0.2, 0.25) is 0 Å². The van der Waals surface area contributed by atoms with Gasteiger partial charge in [0.25, 0.3) is 16.4 Å². The zero-order valence-electron chi connectivity index (χ0n) is 8.52. The fourth-order valence-corrected chi connectivity index (χ4v) is 1.74. The van der Waals surface area contributed by atoms with Crippen LogP contribution in [0.25, 0.3) is 0 Å². The summed E-state index contributed by atoms with van der Waals surface area (Å²) in [5.41, 5.74) is -1.42. The Hall–Kier alpha value is -1.79. The topological polar surface area (TPSA) is 106 Å². The fraction of sp³-hybridized carbons (Fsp3) is 0.250. The zero-order chi connectivity index (χ0) is 13.2. The van der Waals surface area contributed by atoms with Crippen LogP contribution in [0.5, 0.6) is 5.75 Å². The number of primary sulfonamides is 1. The van der Waals surface area contributed by atoms with Crippen molar-refractivity contribution < 1.29 is 21.9 Å². The molecular weight excluding hydrogens is 256 g/mol. The number of sulfonamides is 1. The number of alkyl halides is 2. The smallest absolute Gasteiger partial charge is 0.266 e. The molecule has 0 radical (unpaired) electrons. The summed E-state index contributed by atoms with van der Waals surface area (Å²) in [6, 6.07) is 2.11. The second-order valence-electron chi connectivity index (χ2n) is 2.89. The van der Waals surface area contributed by atoms with E-state index in [1.807, 2.05) is 0 Å². The van der Waals surface area contributed by atoms with Gasteiger partial charge in [-0.15, -0.1) is 0 Å². The van der Waals surface area contributed by atoms with Gasteiger partial charge < -0.3 is 4.74 Å². The molecule has 1 rings (SSSR count). The number of halogens is 2. The first-order valence-electron chi connectivity index (χ1n) is 4.11. The van der Waals surface area contributed by atoms with Gasteiger partial charge in [0.2, 0.25) is 5.03 Å². The molecule has 2 N–H and O–H groups in total. The third-order valence-corrected chi connectivity index (χ3v) is 2.65. The number of hydrogen-bond acceptors (Lipinski definition) is 5. The van der Waals surface area contributed by atoms with Gasteiger partial charge in [0, 0.05) is 0 Å². The number of methoxy groups -OCH3 is 1. The second kappa shape index (κ2) is 4.60. The number of rotatable bonds is 3. The number of aromatic nitrogens is 1. The molecule has 0 atom stereocenters.